The van der Waals surface area contributed by atoms with Gasteiger partial charge in [-0.3, -0.25) is 0 Å². The molecule has 0 aliphatic rings. The van der Waals surface area contributed by atoms with Gasteiger partial charge in [0, 0.05) is 0 Å². The van der Waals surface area contributed by atoms with Crippen LogP contribution in [0.25, 0.3) is 0 Å². The van der Waals surface area contributed by atoms with E-state index in [1.807, 2.05) is 18.2 Å². The number of benzene rings is 1. The SMILES string of the molecule is CCC(c1ccccc1)n1nnnc1N. The Hall–Kier alpha value is -1.91. The van der Waals surface area contributed by atoms with Crippen molar-refractivity contribution in [2.75, 3.05) is 5.73 Å². The van der Waals surface area contributed by atoms with E-state index in [-0.39, 0.29) is 6.04 Å². The van der Waals surface area contributed by atoms with Gasteiger partial charge in [-0.15, -0.1) is 0 Å². The number of tetrazole rings is 1. The van der Waals surface area contributed by atoms with Crippen molar-refractivity contribution >= 4 is 5.95 Å². The molecule has 0 saturated carbocycles. The number of nitrogens with two attached hydrogens (primary N) is 1. The average molecular weight is 203 g/mol. The second kappa shape index (κ2) is 4.08. The topological polar surface area (TPSA) is 69.6 Å². The Labute approximate surface area is 87.9 Å². The Balaban J connectivity index is 2.37. The van der Waals surface area contributed by atoms with Gasteiger partial charge in [-0.2, -0.15) is 0 Å². The van der Waals surface area contributed by atoms with Crippen LogP contribution in [0.5, 0.6) is 0 Å². The van der Waals surface area contributed by atoms with Crippen molar-refractivity contribution in [3.8, 4) is 0 Å². The highest BCUT2D eigenvalue weighted by Gasteiger charge is 2.15. The molecule has 2 rings (SSSR count). The number of anilines is 1. The molecule has 0 radical (unpaired) electrons. The highest BCUT2D eigenvalue weighted by molar-refractivity contribution is 5.23. The fourth-order valence-corrected chi connectivity index (χ4v) is 1.65. The third kappa shape index (κ3) is 1.81. The molecule has 0 spiro atoms. The Kier molecular flexibility index (Phi) is 2.62. The Morgan fingerprint density at radius 2 is 2.07 bits per heavy atom. The van der Waals surface area contributed by atoms with Gasteiger partial charge in [-0.25, -0.2) is 4.68 Å². The van der Waals surface area contributed by atoms with Crippen molar-refractivity contribution in [1.82, 2.24) is 20.2 Å². The van der Waals surface area contributed by atoms with E-state index in [0.29, 0.717) is 5.95 Å². The van der Waals surface area contributed by atoms with E-state index >= 15 is 0 Å². The standard InChI is InChI=1S/C10H13N5/c1-2-9(8-6-4-3-5-7-8)15-10(11)12-13-14-15/h3-7,9H,2H2,1H3,(H2,11,12,14). The van der Waals surface area contributed by atoms with Gasteiger partial charge in [0.1, 0.15) is 0 Å². The molecule has 2 N–H and O–H groups in total. The summed E-state index contributed by atoms with van der Waals surface area (Å²) in [6.07, 6.45) is 0.902. The number of rotatable bonds is 3. The van der Waals surface area contributed by atoms with Gasteiger partial charge in [-0.05, 0) is 22.4 Å². The molecule has 0 fully saturated rings. The maximum atomic E-state index is 5.68. The second-order valence-electron chi connectivity index (χ2n) is 3.32. The lowest BCUT2D eigenvalue weighted by Crippen LogP contribution is -2.14. The lowest BCUT2D eigenvalue weighted by atomic mass is 10.1. The smallest absolute Gasteiger partial charge is 0.240 e. The van der Waals surface area contributed by atoms with Crippen LogP contribution in [0.3, 0.4) is 0 Å². The van der Waals surface area contributed by atoms with E-state index < -0.39 is 0 Å². The molecule has 1 heterocycles. The van der Waals surface area contributed by atoms with Crippen molar-refractivity contribution < 1.29 is 0 Å². The molecule has 0 amide bonds. The first kappa shape index (κ1) is 9.64. The molecule has 1 aromatic heterocycles. The van der Waals surface area contributed by atoms with Gasteiger partial charge in [0.25, 0.3) is 0 Å². The van der Waals surface area contributed by atoms with Crippen LogP contribution in [-0.4, -0.2) is 20.2 Å². The predicted molar refractivity (Wildman–Crippen MR) is 57.1 cm³/mol. The largest absolute Gasteiger partial charge is 0.367 e. The fraction of sp³-hybridized carbons (Fsp3) is 0.300. The van der Waals surface area contributed by atoms with Crippen LogP contribution in [-0.2, 0) is 0 Å². The first-order chi connectivity index (χ1) is 7.33. The zero-order chi connectivity index (χ0) is 10.7. The predicted octanol–water partition coefficient (Wildman–Crippen LogP) is 1.25. The average Bonchev–Trinajstić information content (AvgIpc) is 2.68. The molecule has 1 atom stereocenters. The summed E-state index contributed by atoms with van der Waals surface area (Å²) >= 11 is 0. The monoisotopic (exact) mass is 203 g/mol. The molecular formula is C10H13N5. The minimum absolute atomic E-state index is 0.112. The van der Waals surface area contributed by atoms with Crippen molar-refractivity contribution in [3.05, 3.63) is 35.9 Å². The summed E-state index contributed by atoms with van der Waals surface area (Å²) in [5.74, 6) is 0.353. The number of aromatic nitrogens is 4. The number of nitrogens with zero attached hydrogens (tertiary/aromatic N) is 4. The Bertz CT molecular complexity index is 422. The van der Waals surface area contributed by atoms with E-state index in [0.717, 1.165) is 6.42 Å². The quantitative estimate of drug-likeness (QED) is 0.815. The minimum atomic E-state index is 0.112. The third-order valence-corrected chi connectivity index (χ3v) is 2.38. The van der Waals surface area contributed by atoms with Crippen LogP contribution in [0, 0.1) is 0 Å². The van der Waals surface area contributed by atoms with Gasteiger partial charge in [0.05, 0.1) is 6.04 Å². The number of hydrogen-bond acceptors (Lipinski definition) is 4. The molecule has 0 saturated heterocycles. The molecule has 5 nitrogen and oxygen atoms in total. The zero-order valence-corrected chi connectivity index (χ0v) is 8.54. The highest BCUT2D eigenvalue weighted by atomic mass is 15.6. The second-order valence-corrected chi connectivity index (χ2v) is 3.32. The molecule has 15 heavy (non-hydrogen) atoms. The normalized spacial score (nSPS) is 12.6. The van der Waals surface area contributed by atoms with Gasteiger partial charge in [-0.1, -0.05) is 42.4 Å². The first-order valence-electron chi connectivity index (χ1n) is 4.91. The zero-order valence-electron chi connectivity index (χ0n) is 8.54. The number of hydrogen-bond donors (Lipinski definition) is 1. The van der Waals surface area contributed by atoms with Crippen LogP contribution in [0.15, 0.2) is 30.3 Å². The molecule has 0 bridgehead atoms. The Morgan fingerprint density at radius 3 is 2.60 bits per heavy atom. The van der Waals surface area contributed by atoms with Crippen molar-refractivity contribution in [2.24, 2.45) is 0 Å². The van der Waals surface area contributed by atoms with Crippen LogP contribution >= 0.6 is 0 Å². The summed E-state index contributed by atoms with van der Waals surface area (Å²) in [6, 6.07) is 10.2. The molecule has 2 aromatic rings. The lowest BCUT2D eigenvalue weighted by Gasteiger charge is -2.15. The maximum absolute atomic E-state index is 5.68. The molecule has 5 heteroatoms. The molecule has 0 aliphatic carbocycles. The van der Waals surface area contributed by atoms with E-state index in [2.05, 4.69) is 34.6 Å². The van der Waals surface area contributed by atoms with Gasteiger partial charge < -0.3 is 5.73 Å². The molecular weight excluding hydrogens is 190 g/mol. The van der Waals surface area contributed by atoms with Crippen LogP contribution < -0.4 is 5.73 Å². The van der Waals surface area contributed by atoms with Crippen molar-refractivity contribution in [3.63, 3.8) is 0 Å². The van der Waals surface area contributed by atoms with E-state index in [1.165, 1.54) is 5.56 Å². The first-order valence-corrected chi connectivity index (χ1v) is 4.91. The molecule has 1 unspecified atom stereocenters. The van der Waals surface area contributed by atoms with Gasteiger partial charge in [0.15, 0.2) is 0 Å². The summed E-state index contributed by atoms with van der Waals surface area (Å²) in [7, 11) is 0. The third-order valence-electron chi connectivity index (χ3n) is 2.38. The lowest BCUT2D eigenvalue weighted by molar-refractivity contribution is 0.500. The highest BCUT2D eigenvalue weighted by Crippen LogP contribution is 2.21. The number of nitrogen functional groups attached to an aromatic ring is 1. The minimum Gasteiger partial charge on any atom is -0.367 e. The summed E-state index contributed by atoms with van der Waals surface area (Å²) in [5, 5.41) is 11.1. The van der Waals surface area contributed by atoms with E-state index in [1.54, 1.807) is 4.68 Å². The summed E-state index contributed by atoms with van der Waals surface area (Å²) in [5.41, 5.74) is 6.85. The Morgan fingerprint density at radius 1 is 1.33 bits per heavy atom. The maximum Gasteiger partial charge on any atom is 0.240 e. The fourth-order valence-electron chi connectivity index (χ4n) is 1.65. The van der Waals surface area contributed by atoms with Crippen LogP contribution in [0.4, 0.5) is 5.95 Å². The van der Waals surface area contributed by atoms with Crippen molar-refractivity contribution in [1.29, 1.82) is 0 Å². The summed E-state index contributed by atoms with van der Waals surface area (Å²) < 4.78 is 1.65. The van der Waals surface area contributed by atoms with E-state index in [4.69, 9.17) is 5.73 Å². The van der Waals surface area contributed by atoms with Gasteiger partial charge in [0.2, 0.25) is 5.95 Å². The van der Waals surface area contributed by atoms with Crippen LogP contribution in [0.2, 0.25) is 0 Å². The van der Waals surface area contributed by atoms with E-state index in [9.17, 15) is 0 Å². The van der Waals surface area contributed by atoms with Gasteiger partial charge >= 0.3 is 0 Å². The molecule has 1 aromatic carbocycles. The molecule has 0 aliphatic heterocycles. The summed E-state index contributed by atoms with van der Waals surface area (Å²) in [4.78, 5) is 0. The van der Waals surface area contributed by atoms with Crippen LogP contribution in [0.1, 0.15) is 24.9 Å². The molecule has 78 valence electrons. The van der Waals surface area contributed by atoms with Crippen molar-refractivity contribution in [2.45, 2.75) is 19.4 Å². The summed E-state index contributed by atoms with van der Waals surface area (Å²) in [6.45, 7) is 2.08.